The number of likely N-dealkylation sites (tertiary alicyclic amines) is 1. The molecule has 0 spiro atoms. The van der Waals surface area contributed by atoms with E-state index in [2.05, 4.69) is 0 Å². The molecule has 0 aromatic rings. The van der Waals surface area contributed by atoms with Crippen molar-refractivity contribution in [1.29, 1.82) is 5.26 Å². The first-order chi connectivity index (χ1) is 7.33. The largest absolute Gasteiger partial charge is 0.444 e. The van der Waals surface area contributed by atoms with E-state index in [0.29, 0.717) is 6.54 Å². The van der Waals surface area contributed by atoms with Gasteiger partial charge in [-0.25, -0.2) is 4.79 Å². The van der Waals surface area contributed by atoms with E-state index in [0.717, 1.165) is 0 Å². The Balaban J connectivity index is 2.52. The predicted octanol–water partition coefficient (Wildman–Crippen LogP) is 1.13. The Morgan fingerprint density at radius 3 is 2.69 bits per heavy atom. The molecule has 5 heteroatoms. The third-order valence-corrected chi connectivity index (χ3v) is 2.41. The fourth-order valence-corrected chi connectivity index (χ4v) is 1.65. The first kappa shape index (κ1) is 12.8. The molecule has 1 aliphatic heterocycles. The number of nitriles is 1. The van der Waals surface area contributed by atoms with Crippen molar-refractivity contribution in [1.82, 2.24) is 4.90 Å². The molecular weight excluding hydrogens is 208 g/mol. The van der Waals surface area contributed by atoms with Crippen LogP contribution in [0.15, 0.2) is 0 Å². The van der Waals surface area contributed by atoms with Gasteiger partial charge in [-0.1, -0.05) is 0 Å². The summed E-state index contributed by atoms with van der Waals surface area (Å²) in [7, 11) is 0. The van der Waals surface area contributed by atoms with Gasteiger partial charge >= 0.3 is 6.09 Å². The Labute approximate surface area is 95.6 Å². The van der Waals surface area contributed by atoms with E-state index in [1.807, 2.05) is 6.07 Å². The summed E-state index contributed by atoms with van der Waals surface area (Å²) in [6, 6.07) is 2.01. The molecule has 0 aromatic carbocycles. The predicted molar refractivity (Wildman–Crippen MR) is 57.5 cm³/mol. The number of hydrogen-bond acceptors (Lipinski definition) is 4. The first-order valence-corrected chi connectivity index (χ1v) is 5.36. The zero-order valence-electron chi connectivity index (χ0n) is 9.93. The number of carbonyl (C=O) groups is 1. The van der Waals surface area contributed by atoms with Crippen molar-refractivity contribution in [3.05, 3.63) is 0 Å². The summed E-state index contributed by atoms with van der Waals surface area (Å²) in [5, 5.41) is 18.2. The summed E-state index contributed by atoms with van der Waals surface area (Å²) >= 11 is 0. The molecule has 16 heavy (non-hydrogen) atoms. The third kappa shape index (κ3) is 3.38. The minimum absolute atomic E-state index is 0.155. The van der Waals surface area contributed by atoms with Crippen LogP contribution in [0.1, 0.15) is 27.2 Å². The minimum atomic E-state index is -0.618. The minimum Gasteiger partial charge on any atom is -0.444 e. The van der Waals surface area contributed by atoms with Gasteiger partial charge in [-0.3, -0.25) is 0 Å². The maximum absolute atomic E-state index is 11.7. The summed E-state index contributed by atoms with van der Waals surface area (Å²) in [5.41, 5.74) is -0.532. The van der Waals surface area contributed by atoms with Crippen molar-refractivity contribution < 1.29 is 14.6 Å². The van der Waals surface area contributed by atoms with Crippen molar-refractivity contribution in [2.45, 2.75) is 38.9 Å². The molecule has 0 aromatic heterocycles. The Morgan fingerprint density at radius 2 is 2.19 bits per heavy atom. The first-order valence-electron chi connectivity index (χ1n) is 5.36. The molecule has 0 radical (unpaired) electrons. The van der Waals surface area contributed by atoms with E-state index >= 15 is 0 Å². The van der Waals surface area contributed by atoms with E-state index in [-0.39, 0.29) is 18.9 Å². The molecule has 0 saturated carbocycles. The van der Waals surface area contributed by atoms with E-state index in [4.69, 9.17) is 10.00 Å². The van der Waals surface area contributed by atoms with Crippen LogP contribution in [0, 0.1) is 17.2 Å². The van der Waals surface area contributed by atoms with E-state index in [1.54, 1.807) is 20.8 Å². The average molecular weight is 226 g/mol. The van der Waals surface area contributed by atoms with Crippen LogP contribution in [0.4, 0.5) is 4.79 Å². The van der Waals surface area contributed by atoms with Crippen LogP contribution in [0.2, 0.25) is 0 Å². The highest BCUT2D eigenvalue weighted by atomic mass is 16.6. The lowest BCUT2D eigenvalue weighted by Gasteiger charge is -2.24. The fourth-order valence-electron chi connectivity index (χ4n) is 1.65. The molecule has 1 rings (SSSR count). The highest BCUT2D eigenvalue weighted by Crippen LogP contribution is 2.22. The zero-order chi connectivity index (χ0) is 12.3. The number of carbonyl (C=O) groups excluding carboxylic acids is 1. The normalized spacial score (nSPS) is 25.3. The molecule has 0 aliphatic carbocycles. The van der Waals surface area contributed by atoms with Gasteiger partial charge in [0.1, 0.15) is 5.60 Å². The van der Waals surface area contributed by atoms with Crippen LogP contribution in [0.5, 0.6) is 0 Å². The van der Waals surface area contributed by atoms with Crippen molar-refractivity contribution in [2.75, 3.05) is 13.1 Å². The Morgan fingerprint density at radius 1 is 1.56 bits per heavy atom. The molecule has 0 unspecified atom stereocenters. The molecule has 1 saturated heterocycles. The highest BCUT2D eigenvalue weighted by Gasteiger charge is 2.35. The molecule has 1 N–H and O–H groups in total. The van der Waals surface area contributed by atoms with Gasteiger partial charge in [-0.05, 0) is 20.8 Å². The van der Waals surface area contributed by atoms with Gasteiger partial charge < -0.3 is 14.7 Å². The van der Waals surface area contributed by atoms with Crippen molar-refractivity contribution in [3.8, 4) is 6.07 Å². The van der Waals surface area contributed by atoms with E-state index < -0.39 is 17.8 Å². The maximum Gasteiger partial charge on any atom is 0.410 e. The highest BCUT2D eigenvalue weighted by molar-refractivity contribution is 5.68. The van der Waals surface area contributed by atoms with E-state index in [9.17, 15) is 9.90 Å². The smallest absolute Gasteiger partial charge is 0.410 e. The van der Waals surface area contributed by atoms with Crippen LogP contribution >= 0.6 is 0 Å². The molecule has 1 aliphatic rings. The topological polar surface area (TPSA) is 73.6 Å². The second-order valence-corrected chi connectivity index (χ2v) is 5.07. The van der Waals surface area contributed by atoms with Crippen LogP contribution in [0.3, 0.4) is 0 Å². The lowest BCUT2D eigenvalue weighted by molar-refractivity contribution is 0.0270. The average Bonchev–Trinajstić information content (AvgIpc) is 2.46. The summed E-state index contributed by atoms with van der Waals surface area (Å²) < 4.78 is 5.19. The molecule has 1 amide bonds. The number of aliphatic hydroxyl groups excluding tert-OH is 1. The van der Waals surface area contributed by atoms with Crippen molar-refractivity contribution in [2.24, 2.45) is 5.92 Å². The monoisotopic (exact) mass is 226 g/mol. The summed E-state index contributed by atoms with van der Waals surface area (Å²) in [6.45, 7) is 6.03. The number of β-amino-alcohol motifs (C(OH)–C–C–N with tert-alkyl or cyclic N) is 1. The molecule has 1 heterocycles. The van der Waals surface area contributed by atoms with Gasteiger partial charge in [0.2, 0.25) is 0 Å². The second kappa shape index (κ2) is 4.71. The number of ether oxygens (including phenoxy) is 1. The Hall–Kier alpha value is -1.28. The number of hydrogen-bond donors (Lipinski definition) is 1. The molecule has 2 atom stereocenters. The Bertz CT molecular complexity index is 303. The maximum atomic E-state index is 11.7. The van der Waals surface area contributed by atoms with Crippen LogP contribution < -0.4 is 0 Å². The fraction of sp³-hybridized carbons (Fsp3) is 0.818. The van der Waals surface area contributed by atoms with Gasteiger partial charge in [0.25, 0.3) is 0 Å². The lowest BCUT2D eigenvalue weighted by atomic mass is 10.0. The number of nitrogens with zero attached hydrogens (tertiary/aromatic N) is 2. The molecular formula is C11H18N2O3. The Kier molecular flexibility index (Phi) is 3.76. The SMILES string of the molecule is CC(C)(C)OC(=O)N1C[C@H](CC#N)[C@H](O)C1. The third-order valence-electron chi connectivity index (χ3n) is 2.41. The standard InChI is InChI=1S/C11H18N2O3/c1-11(2,3)16-10(15)13-6-8(4-5-12)9(14)7-13/h8-9,14H,4,6-7H2,1-3H3/t8-,9+/m0/s1. The van der Waals surface area contributed by atoms with Crippen LogP contribution in [0.25, 0.3) is 0 Å². The molecule has 0 bridgehead atoms. The molecule has 1 fully saturated rings. The number of rotatable bonds is 1. The van der Waals surface area contributed by atoms with Crippen LogP contribution in [-0.2, 0) is 4.74 Å². The zero-order valence-corrected chi connectivity index (χ0v) is 9.93. The quantitative estimate of drug-likeness (QED) is 0.727. The van der Waals surface area contributed by atoms with Gasteiger partial charge in [-0.15, -0.1) is 0 Å². The summed E-state index contributed by atoms with van der Waals surface area (Å²) in [6.07, 6.45) is -0.778. The van der Waals surface area contributed by atoms with Gasteiger partial charge in [0.15, 0.2) is 0 Å². The summed E-state index contributed by atoms with van der Waals surface area (Å²) in [5.74, 6) is -0.155. The number of aliphatic hydroxyl groups is 1. The van der Waals surface area contributed by atoms with Gasteiger partial charge in [0.05, 0.1) is 18.7 Å². The van der Waals surface area contributed by atoms with Gasteiger partial charge in [-0.2, -0.15) is 5.26 Å². The van der Waals surface area contributed by atoms with E-state index in [1.165, 1.54) is 4.90 Å². The van der Waals surface area contributed by atoms with Crippen LogP contribution in [-0.4, -0.2) is 40.9 Å². The van der Waals surface area contributed by atoms with Crippen molar-refractivity contribution in [3.63, 3.8) is 0 Å². The molecule has 5 nitrogen and oxygen atoms in total. The number of amides is 1. The second-order valence-electron chi connectivity index (χ2n) is 5.07. The van der Waals surface area contributed by atoms with Gasteiger partial charge in [0, 0.05) is 18.9 Å². The van der Waals surface area contributed by atoms with Crippen molar-refractivity contribution >= 4 is 6.09 Å². The molecule has 90 valence electrons. The lowest BCUT2D eigenvalue weighted by Crippen LogP contribution is -2.35. The summed E-state index contributed by atoms with van der Waals surface area (Å²) in [4.78, 5) is 13.1.